The van der Waals surface area contributed by atoms with E-state index in [1.807, 2.05) is 0 Å². The lowest BCUT2D eigenvalue weighted by molar-refractivity contribution is -0.139. The average Bonchev–Trinajstić information content (AvgIpc) is 2.51. The Morgan fingerprint density at radius 3 is 1.79 bits per heavy atom. The van der Waals surface area contributed by atoms with Gasteiger partial charge in [-0.3, -0.25) is 14.5 Å². The van der Waals surface area contributed by atoms with Crippen LogP contribution in [0.2, 0.25) is 0 Å². The molecule has 1 aliphatic rings. The van der Waals surface area contributed by atoms with Gasteiger partial charge in [0, 0.05) is 6.17 Å². The molecule has 0 aromatic heterocycles. The van der Waals surface area contributed by atoms with Crippen LogP contribution >= 0.6 is 0 Å². The molecule has 1 aliphatic heterocycles. The van der Waals surface area contributed by atoms with Gasteiger partial charge in [-0.25, -0.2) is 0 Å². The number of hydrogen-bond acceptors (Lipinski definition) is 5. The van der Waals surface area contributed by atoms with Gasteiger partial charge >= 0.3 is 0 Å². The van der Waals surface area contributed by atoms with Gasteiger partial charge in [-0.1, -0.05) is 0 Å². The Morgan fingerprint density at radius 1 is 1.05 bits per heavy atom. The number of amides is 2. The molecule has 0 fully saturated rings. The van der Waals surface area contributed by atoms with E-state index in [0.29, 0.717) is 16.7 Å². The molecule has 0 unspecified atom stereocenters. The van der Waals surface area contributed by atoms with Crippen molar-refractivity contribution in [1.29, 1.82) is 0 Å². The van der Waals surface area contributed by atoms with Crippen molar-refractivity contribution in [2.75, 3.05) is 6.17 Å². The summed E-state index contributed by atoms with van der Waals surface area (Å²) in [5, 5.41) is 0. The van der Waals surface area contributed by atoms with E-state index in [1.165, 1.54) is 4.90 Å². The fraction of sp³-hybridized carbons (Fsp3) is 0.636. The molecule has 0 N–H and O–H groups in total. The zero-order chi connectivity index (χ0) is 14.6. The standard InChI is InChI=1S/C11H21NO5Si2/c1-6(2)15-8-9(16-7(3)4)11(14)12(10(8)13)5-19-17-18/h6-7H,5,19H2,1-4,18H3. The number of carbonyl (C=O) groups excluding carboxylic acids is 2. The first-order valence-corrected chi connectivity index (χ1v) is 8.70. The molecule has 0 bridgehead atoms. The van der Waals surface area contributed by atoms with Gasteiger partial charge in [0.2, 0.25) is 11.5 Å². The summed E-state index contributed by atoms with van der Waals surface area (Å²) in [6, 6.07) is 0. The minimum absolute atomic E-state index is 0.0241. The second-order valence-electron chi connectivity index (χ2n) is 4.75. The van der Waals surface area contributed by atoms with Crippen molar-refractivity contribution in [3.8, 4) is 0 Å². The summed E-state index contributed by atoms with van der Waals surface area (Å²) >= 11 is 0. The molecule has 0 atom stereocenters. The van der Waals surface area contributed by atoms with Gasteiger partial charge in [0.05, 0.1) is 12.2 Å². The molecule has 1 rings (SSSR count). The molecule has 2 amide bonds. The first kappa shape index (κ1) is 15.9. The zero-order valence-electron chi connectivity index (χ0n) is 12.1. The van der Waals surface area contributed by atoms with Crippen molar-refractivity contribution in [2.45, 2.75) is 39.9 Å². The first-order valence-electron chi connectivity index (χ1n) is 6.31. The van der Waals surface area contributed by atoms with Crippen molar-refractivity contribution in [3.05, 3.63) is 11.5 Å². The van der Waals surface area contributed by atoms with E-state index in [9.17, 15) is 9.59 Å². The molecule has 1 heterocycles. The first-order chi connectivity index (χ1) is 8.88. The normalized spacial score (nSPS) is 16.8. The molecule has 0 saturated carbocycles. The van der Waals surface area contributed by atoms with Crippen LogP contribution < -0.4 is 0 Å². The Hall–Kier alpha value is -1.13. The van der Waals surface area contributed by atoms with E-state index in [-0.39, 0.29) is 23.7 Å². The van der Waals surface area contributed by atoms with Gasteiger partial charge in [0.15, 0.2) is 9.76 Å². The topological polar surface area (TPSA) is 65.1 Å². The lowest BCUT2D eigenvalue weighted by Gasteiger charge is -2.14. The van der Waals surface area contributed by atoms with E-state index in [2.05, 4.69) is 0 Å². The number of carbonyl (C=O) groups is 2. The highest BCUT2D eigenvalue weighted by atomic mass is 28.3. The monoisotopic (exact) mass is 303 g/mol. The van der Waals surface area contributed by atoms with Crippen molar-refractivity contribution in [3.63, 3.8) is 0 Å². The van der Waals surface area contributed by atoms with Gasteiger partial charge in [-0.05, 0) is 27.7 Å². The molecule has 8 heteroatoms. The number of nitrogens with zero attached hydrogens (tertiary/aromatic N) is 1. The Morgan fingerprint density at radius 2 is 1.47 bits per heavy atom. The average molecular weight is 303 g/mol. The predicted molar refractivity (Wildman–Crippen MR) is 75.8 cm³/mol. The van der Waals surface area contributed by atoms with E-state index < -0.39 is 21.6 Å². The van der Waals surface area contributed by atoms with Crippen LogP contribution in [-0.2, 0) is 23.2 Å². The molecule has 0 saturated heterocycles. The summed E-state index contributed by atoms with van der Waals surface area (Å²) in [5.41, 5.74) is 0. The third-order valence-electron chi connectivity index (χ3n) is 2.31. The van der Waals surface area contributed by atoms with Gasteiger partial charge < -0.3 is 13.6 Å². The van der Waals surface area contributed by atoms with Crippen LogP contribution in [0.15, 0.2) is 11.5 Å². The third-order valence-corrected chi connectivity index (χ3v) is 4.57. The summed E-state index contributed by atoms with van der Waals surface area (Å²) in [6.45, 7) is 7.21. The highest BCUT2D eigenvalue weighted by molar-refractivity contribution is 6.36. The van der Waals surface area contributed by atoms with Crippen LogP contribution in [0.4, 0.5) is 0 Å². The lowest BCUT2D eigenvalue weighted by atomic mass is 10.4. The van der Waals surface area contributed by atoms with E-state index >= 15 is 0 Å². The maximum absolute atomic E-state index is 12.2. The van der Waals surface area contributed by atoms with Crippen LogP contribution in [0, 0.1) is 0 Å². The van der Waals surface area contributed by atoms with Crippen molar-refractivity contribution < 1.29 is 23.2 Å². The Labute approximate surface area is 118 Å². The minimum Gasteiger partial charge on any atom is -0.482 e. The fourth-order valence-corrected chi connectivity index (χ4v) is 2.92. The maximum atomic E-state index is 12.2. The third kappa shape index (κ3) is 3.92. The maximum Gasteiger partial charge on any atom is 0.299 e. The Bertz CT molecular complexity index is 363. The molecule has 108 valence electrons. The van der Waals surface area contributed by atoms with E-state index in [0.717, 1.165) is 0 Å². The highest BCUT2D eigenvalue weighted by Crippen LogP contribution is 2.24. The van der Waals surface area contributed by atoms with Crippen LogP contribution in [-0.4, -0.2) is 55.3 Å². The SMILES string of the molecule is CC(C)OC1=C(OC(C)C)C(=O)N(C[SiH2]O[SiH3])C1=O. The molecule has 0 aromatic carbocycles. The summed E-state index contributed by atoms with van der Waals surface area (Å²) in [4.78, 5) is 25.5. The van der Waals surface area contributed by atoms with Crippen LogP contribution in [0.25, 0.3) is 0 Å². The van der Waals surface area contributed by atoms with Crippen LogP contribution in [0.3, 0.4) is 0 Å². The second-order valence-corrected chi connectivity index (χ2v) is 7.91. The molecule has 0 spiro atoms. The molecular formula is C11H21NO5Si2. The lowest BCUT2D eigenvalue weighted by Crippen LogP contribution is -2.36. The molecule has 0 aliphatic carbocycles. The van der Waals surface area contributed by atoms with Crippen LogP contribution in [0.5, 0.6) is 0 Å². The molecule has 0 radical (unpaired) electrons. The van der Waals surface area contributed by atoms with Crippen molar-refractivity contribution >= 4 is 32.1 Å². The van der Waals surface area contributed by atoms with Crippen molar-refractivity contribution in [1.82, 2.24) is 4.90 Å². The number of rotatable bonds is 7. The highest BCUT2D eigenvalue weighted by Gasteiger charge is 2.42. The predicted octanol–water partition coefficient (Wildman–Crippen LogP) is -1.24. The quantitative estimate of drug-likeness (QED) is 0.435. The number of hydrogen-bond donors (Lipinski definition) is 0. The van der Waals surface area contributed by atoms with Crippen molar-refractivity contribution in [2.24, 2.45) is 0 Å². The summed E-state index contributed by atoms with van der Waals surface area (Å²) in [6.07, 6.45) is -0.0223. The number of ether oxygens (including phenoxy) is 2. The van der Waals surface area contributed by atoms with Gasteiger partial charge in [0.25, 0.3) is 11.8 Å². The largest absolute Gasteiger partial charge is 0.482 e. The Balaban J connectivity index is 2.97. The van der Waals surface area contributed by atoms with Gasteiger partial charge in [-0.2, -0.15) is 0 Å². The second kappa shape index (κ2) is 6.87. The zero-order valence-corrected chi connectivity index (χ0v) is 15.5. The number of imide groups is 1. The van der Waals surface area contributed by atoms with E-state index in [4.69, 9.17) is 13.6 Å². The van der Waals surface area contributed by atoms with Gasteiger partial charge in [-0.15, -0.1) is 0 Å². The van der Waals surface area contributed by atoms with Crippen LogP contribution in [0.1, 0.15) is 27.7 Å². The summed E-state index contributed by atoms with van der Waals surface area (Å²) in [7, 11) is -0.234. The Kier molecular flexibility index (Phi) is 5.76. The molecule has 6 nitrogen and oxygen atoms in total. The smallest absolute Gasteiger partial charge is 0.299 e. The summed E-state index contributed by atoms with van der Waals surface area (Å²) in [5.74, 6) is -0.784. The molecule has 0 aromatic rings. The molecular weight excluding hydrogens is 282 g/mol. The fourth-order valence-electron chi connectivity index (χ4n) is 1.60. The van der Waals surface area contributed by atoms with Gasteiger partial charge in [0.1, 0.15) is 10.5 Å². The summed E-state index contributed by atoms with van der Waals surface area (Å²) < 4.78 is 16.1. The molecule has 19 heavy (non-hydrogen) atoms. The van der Waals surface area contributed by atoms with E-state index in [1.54, 1.807) is 27.7 Å². The minimum atomic E-state index is -0.862.